The Kier molecular flexibility index (Phi) is 2.59. The van der Waals surface area contributed by atoms with Crippen LogP contribution in [-0.4, -0.2) is 0 Å². The monoisotopic (exact) mass is 210 g/mol. The van der Waals surface area contributed by atoms with Gasteiger partial charge in [-0.2, -0.15) is 0 Å². The van der Waals surface area contributed by atoms with Gasteiger partial charge >= 0.3 is 0 Å². The summed E-state index contributed by atoms with van der Waals surface area (Å²) in [7, 11) is 0. The van der Waals surface area contributed by atoms with Crippen molar-refractivity contribution in [2.75, 3.05) is 0 Å². The minimum Gasteiger partial charge on any atom is -0.0985 e. The zero-order valence-corrected chi connectivity index (χ0v) is 10.2. The molecule has 0 heterocycles. The Morgan fingerprint density at radius 3 is 2.44 bits per heavy atom. The molecule has 0 aliphatic rings. The standard InChI is InChI=1S/C16H18/c1-5-12-9-10-14-13(11-12)7-6-8-15(14)16(2,3)4/h5-11H,1H2,2-4H3. The fourth-order valence-corrected chi connectivity index (χ4v) is 2.08. The van der Waals surface area contributed by atoms with Crippen LogP contribution in [0.25, 0.3) is 16.8 Å². The quantitative estimate of drug-likeness (QED) is 0.635. The van der Waals surface area contributed by atoms with Crippen molar-refractivity contribution >= 4 is 16.8 Å². The SMILES string of the molecule is C=Cc1ccc2c(C(C)(C)C)cccc2c1. The van der Waals surface area contributed by atoms with Crippen molar-refractivity contribution < 1.29 is 0 Å². The third-order valence-corrected chi connectivity index (χ3v) is 2.95. The van der Waals surface area contributed by atoms with Crippen LogP contribution in [0.1, 0.15) is 31.9 Å². The molecule has 2 aromatic carbocycles. The molecule has 0 bridgehead atoms. The average Bonchev–Trinajstić information content (AvgIpc) is 2.26. The van der Waals surface area contributed by atoms with E-state index in [0.29, 0.717) is 0 Å². The molecule has 0 radical (unpaired) electrons. The molecule has 0 N–H and O–H groups in total. The fraction of sp³-hybridized carbons (Fsp3) is 0.250. The van der Waals surface area contributed by atoms with Crippen molar-refractivity contribution in [1.82, 2.24) is 0 Å². The van der Waals surface area contributed by atoms with Crippen molar-refractivity contribution in [1.29, 1.82) is 0 Å². The zero-order chi connectivity index (χ0) is 11.8. The Balaban J connectivity index is 2.74. The number of fused-ring (bicyclic) bond motifs is 1. The molecule has 0 amide bonds. The molecule has 0 aromatic heterocycles. The molecule has 0 spiro atoms. The van der Waals surface area contributed by atoms with Gasteiger partial charge in [0.2, 0.25) is 0 Å². The van der Waals surface area contributed by atoms with Gasteiger partial charge < -0.3 is 0 Å². The van der Waals surface area contributed by atoms with Gasteiger partial charge in [-0.25, -0.2) is 0 Å². The van der Waals surface area contributed by atoms with Crippen molar-refractivity contribution in [2.45, 2.75) is 26.2 Å². The summed E-state index contributed by atoms with van der Waals surface area (Å²) in [6.07, 6.45) is 1.89. The second-order valence-corrected chi connectivity index (χ2v) is 5.24. The van der Waals surface area contributed by atoms with E-state index in [4.69, 9.17) is 0 Å². The first-order valence-electron chi connectivity index (χ1n) is 5.68. The Hall–Kier alpha value is -1.56. The molecule has 16 heavy (non-hydrogen) atoms. The molecule has 0 saturated carbocycles. The van der Waals surface area contributed by atoms with E-state index in [1.165, 1.54) is 21.9 Å². The molecule has 2 aromatic rings. The maximum absolute atomic E-state index is 3.81. The highest BCUT2D eigenvalue weighted by Crippen LogP contribution is 2.30. The topological polar surface area (TPSA) is 0 Å². The Morgan fingerprint density at radius 2 is 1.81 bits per heavy atom. The van der Waals surface area contributed by atoms with E-state index in [9.17, 15) is 0 Å². The molecule has 0 fully saturated rings. The highest BCUT2D eigenvalue weighted by molar-refractivity contribution is 5.88. The highest BCUT2D eigenvalue weighted by atomic mass is 14.2. The lowest BCUT2D eigenvalue weighted by Crippen LogP contribution is -2.11. The summed E-state index contributed by atoms with van der Waals surface area (Å²) in [5.41, 5.74) is 2.77. The summed E-state index contributed by atoms with van der Waals surface area (Å²) in [6, 6.07) is 13.0. The number of rotatable bonds is 1. The molecule has 0 saturated heterocycles. The van der Waals surface area contributed by atoms with Gasteiger partial charge in [-0.1, -0.05) is 63.8 Å². The van der Waals surface area contributed by atoms with E-state index in [2.05, 4.69) is 63.7 Å². The lowest BCUT2D eigenvalue weighted by Gasteiger charge is -2.21. The van der Waals surface area contributed by atoms with E-state index in [0.717, 1.165) is 0 Å². The van der Waals surface area contributed by atoms with Gasteiger partial charge in [0.1, 0.15) is 0 Å². The van der Waals surface area contributed by atoms with Gasteiger partial charge in [-0.3, -0.25) is 0 Å². The molecule has 0 unspecified atom stereocenters. The largest absolute Gasteiger partial charge is 0.0985 e. The van der Waals surface area contributed by atoms with Gasteiger partial charge in [0.05, 0.1) is 0 Å². The van der Waals surface area contributed by atoms with Crippen LogP contribution in [0.4, 0.5) is 0 Å². The smallest absolute Gasteiger partial charge is 0.0126 e. The van der Waals surface area contributed by atoms with Crippen LogP contribution in [0, 0.1) is 0 Å². The maximum atomic E-state index is 3.81. The van der Waals surface area contributed by atoms with Gasteiger partial charge in [0.25, 0.3) is 0 Å². The van der Waals surface area contributed by atoms with E-state index < -0.39 is 0 Å². The van der Waals surface area contributed by atoms with Crippen molar-refractivity contribution in [3.63, 3.8) is 0 Å². The summed E-state index contributed by atoms with van der Waals surface area (Å²) in [4.78, 5) is 0. The third kappa shape index (κ3) is 1.88. The summed E-state index contributed by atoms with van der Waals surface area (Å²) in [6.45, 7) is 10.6. The van der Waals surface area contributed by atoms with E-state index in [1.807, 2.05) is 6.08 Å². The molecule has 2 rings (SSSR count). The van der Waals surface area contributed by atoms with Crippen LogP contribution < -0.4 is 0 Å². The van der Waals surface area contributed by atoms with Gasteiger partial charge in [0.15, 0.2) is 0 Å². The van der Waals surface area contributed by atoms with Crippen LogP contribution in [0.2, 0.25) is 0 Å². The average molecular weight is 210 g/mol. The summed E-state index contributed by atoms with van der Waals surface area (Å²) >= 11 is 0. The third-order valence-electron chi connectivity index (χ3n) is 2.95. The van der Waals surface area contributed by atoms with Gasteiger partial charge in [-0.15, -0.1) is 0 Å². The Labute approximate surface area is 97.6 Å². The normalized spacial score (nSPS) is 11.7. The van der Waals surface area contributed by atoms with Gasteiger partial charge in [-0.05, 0) is 33.4 Å². The first-order chi connectivity index (χ1) is 7.52. The molecular weight excluding hydrogens is 192 g/mol. The predicted octanol–water partition coefficient (Wildman–Crippen LogP) is 4.78. The molecular formula is C16H18. The summed E-state index contributed by atoms with van der Waals surface area (Å²) < 4.78 is 0. The number of hydrogen-bond acceptors (Lipinski definition) is 0. The molecule has 0 atom stereocenters. The lowest BCUT2D eigenvalue weighted by molar-refractivity contribution is 0.596. The van der Waals surface area contributed by atoms with Crippen molar-refractivity contribution in [3.05, 3.63) is 54.1 Å². The fourth-order valence-electron chi connectivity index (χ4n) is 2.08. The van der Waals surface area contributed by atoms with Crippen LogP contribution in [0.3, 0.4) is 0 Å². The zero-order valence-electron chi connectivity index (χ0n) is 10.2. The summed E-state index contributed by atoms with van der Waals surface area (Å²) in [5, 5.41) is 2.64. The van der Waals surface area contributed by atoms with Crippen LogP contribution in [-0.2, 0) is 5.41 Å². The summed E-state index contributed by atoms with van der Waals surface area (Å²) in [5.74, 6) is 0. The minimum atomic E-state index is 0.190. The van der Waals surface area contributed by atoms with Crippen LogP contribution in [0.15, 0.2) is 43.0 Å². The highest BCUT2D eigenvalue weighted by Gasteiger charge is 2.15. The molecule has 0 nitrogen and oxygen atoms in total. The molecule has 0 aliphatic heterocycles. The van der Waals surface area contributed by atoms with Crippen LogP contribution in [0.5, 0.6) is 0 Å². The van der Waals surface area contributed by atoms with Crippen molar-refractivity contribution in [3.8, 4) is 0 Å². The number of hydrogen-bond donors (Lipinski definition) is 0. The van der Waals surface area contributed by atoms with E-state index in [1.54, 1.807) is 0 Å². The maximum Gasteiger partial charge on any atom is -0.0126 e. The first kappa shape index (κ1) is 10.9. The second kappa shape index (κ2) is 3.79. The minimum absolute atomic E-state index is 0.190. The molecule has 0 aliphatic carbocycles. The Morgan fingerprint density at radius 1 is 1.06 bits per heavy atom. The second-order valence-electron chi connectivity index (χ2n) is 5.24. The van der Waals surface area contributed by atoms with E-state index >= 15 is 0 Å². The van der Waals surface area contributed by atoms with Crippen LogP contribution >= 0.6 is 0 Å². The molecule has 0 heteroatoms. The predicted molar refractivity (Wildman–Crippen MR) is 72.7 cm³/mol. The number of benzene rings is 2. The lowest BCUT2D eigenvalue weighted by atomic mass is 9.83. The Bertz CT molecular complexity index is 527. The molecule has 82 valence electrons. The van der Waals surface area contributed by atoms with E-state index in [-0.39, 0.29) is 5.41 Å². The van der Waals surface area contributed by atoms with Gasteiger partial charge in [0, 0.05) is 0 Å². The van der Waals surface area contributed by atoms with Crippen molar-refractivity contribution in [2.24, 2.45) is 0 Å². The first-order valence-corrected chi connectivity index (χ1v) is 5.68.